The molecule has 5 heteroatoms. The highest BCUT2D eigenvalue weighted by Gasteiger charge is 2.32. The zero-order chi connectivity index (χ0) is 18.3. The van der Waals surface area contributed by atoms with Crippen molar-refractivity contribution >= 4 is 17.5 Å². The first-order chi connectivity index (χ1) is 12.5. The van der Waals surface area contributed by atoms with Gasteiger partial charge in [-0.05, 0) is 56.7 Å². The number of para-hydroxylation sites is 1. The summed E-state index contributed by atoms with van der Waals surface area (Å²) in [6, 6.07) is 10.1. The van der Waals surface area contributed by atoms with Gasteiger partial charge in [0, 0.05) is 30.5 Å². The van der Waals surface area contributed by atoms with Crippen LogP contribution in [0.2, 0.25) is 0 Å². The summed E-state index contributed by atoms with van der Waals surface area (Å²) in [5, 5.41) is 0. The molecule has 0 saturated carbocycles. The number of carbonyl (C=O) groups excluding carboxylic acids is 1. The molecular weight excluding hydrogens is 324 g/mol. The van der Waals surface area contributed by atoms with Crippen LogP contribution in [0.1, 0.15) is 48.4 Å². The minimum atomic E-state index is -0.0285. The molecule has 0 radical (unpaired) electrons. The highest BCUT2D eigenvalue weighted by atomic mass is 16.2. The number of fused-ring (bicyclic) bond motifs is 1. The summed E-state index contributed by atoms with van der Waals surface area (Å²) in [7, 11) is 0. The van der Waals surface area contributed by atoms with Crippen LogP contribution < -0.4 is 9.80 Å². The number of aryl methyl sites for hydroxylation is 1. The number of hydrogen-bond donors (Lipinski definition) is 0. The second kappa shape index (κ2) is 6.71. The van der Waals surface area contributed by atoms with Crippen LogP contribution in [0.25, 0.3) is 0 Å². The van der Waals surface area contributed by atoms with E-state index in [1.807, 2.05) is 36.1 Å². The van der Waals surface area contributed by atoms with Crippen LogP contribution >= 0.6 is 0 Å². The fraction of sp³-hybridized carbons (Fsp3) is 0.476. The van der Waals surface area contributed by atoms with Crippen molar-refractivity contribution in [2.75, 3.05) is 22.9 Å². The van der Waals surface area contributed by atoms with E-state index in [2.05, 4.69) is 34.8 Å². The Labute approximate surface area is 155 Å². The quantitative estimate of drug-likeness (QED) is 0.830. The topological polar surface area (TPSA) is 49.3 Å². The van der Waals surface area contributed by atoms with E-state index in [1.54, 1.807) is 0 Å². The molecule has 1 aromatic carbocycles. The van der Waals surface area contributed by atoms with Gasteiger partial charge in [-0.1, -0.05) is 25.1 Å². The minimum absolute atomic E-state index is 0.0285. The summed E-state index contributed by atoms with van der Waals surface area (Å²) in [6.07, 6.45) is 3.29. The van der Waals surface area contributed by atoms with Crippen LogP contribution in [0.4, 0.5) is 11.6 Å². The molecule has 2 aliphatic rings. The van der Waals surface area contributed by atoms with Gasteiger partial charge in [-0.2, -0.15) is 0 Å². The van der Waals surface area contributed by atoms with Crippen LogP contribution in [0.15, 0.2) is 30.3 Å². The Morgan fingerprint density at radius 2 is 2.00 bits per heavy atom. The molecule has 0 spiro atoms. The molecule has 2 aromatic rings. The predicted molar refractivity (Wildman–Crippen MR) is 104 cm³/mol. The Balaban J connectivity index is 1.66. The zero-order valence-corrected chi connectivity index (χ0v) is 15.8. The van der Waals surface area contributed by atoms with Gasteiger partial charge in [-0.3, -0.25) is 4.79 Å². The highest BCUT2D eigenvalue weighted by Crippen LogP contribution is 2.33. The third kappa shape index (κ3) is 3.06. The number of rotatable bonds is 2. The molecule has 2 atom stereocenters. The molecule has 5 nitrogen and oxygen atoms in total. The normalized spacial score (nSPS) is 22.4. The molecule has 1 amide bonds. The summed E-state index contributed by atoms with van der Waals surface area (Å²) in [4.78, 5) is 26.7. The fourth-order valence-corrected chi connectivity index (χ4v) is 4.17. The maximum Gasteiger partial charge on any atom is 0.277 e. The Morgan fingerprint density at radius 3 is 2.81 bits per heavy atom. The molecule has 0 bridgehead atoms. The van der Waals surface area contributed by atoms with E-state index in [9.17, 15) is 4.79 Å². The lowest BCUT2D eigenvalue weighted by Crippen LogP contribution is -2.38. The van der Waals surface area contributed by atoms with Crippen molar-refractivity contribution in [1.82, 2.24) is 9.97 Å². The Bertz CT molecular complexity index is 835. The molecule has 0 N–H and O–H groups in total. The number of amides is 1. The van der Waals surface area contributed by atoms with Crippen molar-refractivity contribution in [2.45, 2.75) is 46.1 Å². The van der Waals surface area contributed by atoms with Gasteiger partial charge >= 0.3 is 0 Å². The first kappa shape index (κ1) is 17.0. The first-order valence-corrected chi connectivity index (χ1v) is 9.55. The van der Waals surface area contributed by atoms with Gasteiger partial charge in [0.25, 0.3) is 5.91 Å². The van der Waals surface area contributed by atoms with Crippen molar-refractivity contribution in [3.63, 3.8) is 0 Å². The number of hydrogen-bond acceptors (Lipinski definition) is 4. The van der Waals surface area contributed by atoms with Gasteiger partial charge in [0.1, 0.15) is 5.69 Å². The number of benzene rings is 1. The fourth-order valence-electron chi connectivity index (χ4n) is 4.17. The first-order valence-electron chi connectivity index (χ1n) is 9.55. The van der Waals surface area contributed by atoms with E-state index in [1.165, 1.54) is 12.0 Å². The molecule has 136 valence electrons. The van der Waals surface area contributed by atoms with Crippen LogP contribution in [0.5, 0.6) is 0 Å². The molecular formula is C21H26N4O. The Hall–Kier alpha value is -2.43. The summed E-state index contributed by atoms with van der Waals surface area (Å²) in [5.41, 5.74) is 3.57. The average Bonchev–Trinajstić information content (AvgIpc) is 2.96. The molecule has 1 fully saturated rings. The third-order valence-corrected chi connectivity index (χ3v) is 5.43. The van der Waals surface area contributed by atoms with Crippen molar-refractivity contribution < 1.29 is 4.79 Å². The van der Waals surface area contributed by atoms with Gasteiger partial charge in [0.05, 0.1) is 0 Å². The van der Waals surface area contributed by atoms with Crippen LogP contribution in [-0.2, 0) is 6.42 Å². The number of anilines is 2. The zero-order valence-electron chi connectivity index (χ0n) is 15.8. The van der Waals surface area contributed by atoms with Gasteiger partial charge < -0.3 is 9.80 Å². The Kier molecular flexibility index (Phi) is 4.39. The number of piperidine rings is 1. The second-order valence-corrected chi connectivity index (χ2v) is 7.74. The Morgan fingerprint density at radius 1 is 1.19 bits per heavy atom. The number of nitrogens with zero attached hydrogens (tertiary/aromatic N) is 4. The minimum Gasteiger partial charge on any atom is -0.341 e. The SMILES string of the molecule is Cc1cc(C(=O)N2c3ccccc3CC2C)nc(N2CCCC(C)C2)n1. The summed E-state index contributed by atoms with van der Waals surface area (Å²) < 4.78 is 0. The molecule has 2 aliphatic heterocycles. The molecule has 2 unspecified atom stereocenters. The van der Waals surface area contributed by atoms with Gasteiger partial charge in [-0.15, -0.1) is 0 Å². The molecule has 1 aromatic heterocycles. The smallest absolute Gasteiger partial charge is 0.277 e. The highest BCUT2D eigenvalue weighted by molar-refractivity contribution is 6.06. The lowest BCUT2D eigenvalue weighted by molar-refractivity contribution is 0.0976. The largest absolute Gasteiger partial charge is 0.341 e. The lowest BCUT2D eigenvalue weighted by Gasteiger charge is -2.31. The molecule has 26 heavy (non-hydrogen) atoms. The summed E-state index contributed by atoms with van der Waals surface area (Å²) in [6.45, 7) is 8.22. The number of aromatic nitrogens is 2. The number of carbonyl (C=O) groups is 1. The van der Waals surface area contributed by atoms with Crippen molar-refractivity contribution in [3.05, 3.63) is 47.3 Å². The molecule has 0 aliphatic carbocycles. The van der Waals surface area contributed by atoms with Gasteiger partial charge in [-0.25, -0.2) is 9.97 Å². The van der Waals surface area contributed by atoms with Crippen molar-refractivity contribution in [3.8, 4) is 0 Å². The van der Waals surface area contributed by atoms with Crippen LogP contribution in [-0.4, -0.2) is 35.0 Å². The third-order valence-electron chi connectivity index (χ3n) is 5.43. The van der Waals surface area contributed by atoms with Crippen molar-refractivity contribution in [2.24, 2.45) is 5.92 Å². The standard InChI is InChI=1S/C21H26N4O/c1-14-7-6-10-24(13-14)21-22-15(2)11-18(23-21)20(26)25-16(3)12-17-8-4-5-9-19(17)25/h4-5,8-9,11,14,16H,6-7,10,12-13H2,1-3H3. The maximum absolute atomic E-state index is 13.3. The van der Waals surface area contributed by atoms with E-state index in [4.69, 9.17) is 0 Å². The summed E-state index contributed by atoms with van der Waals surface area (Å²) >= 11 is 0. The lowest BCUT2D eigenvalue weighted by atomic mass is 10.0. The van der Waals surface area contributed by atoms with E-state index in [0.717, 1.165) is 37.3 Å². The average molecular weight is 350 g/mol. The van der Waals surface area contributed by atoms with Crippen molar-refractivity contribution in [1.29, 1.82) is 0 Å². The van der Waals surface area contributed by atoms with Crippen LogP contribution in [0.3, 0.4) is 0 Å². The predicted octanol–water partition coefficient (Wildman–Crippen LogP) is 3.61. The monoisotopic (exact) mass is 350 g/mol. The summed E-state index contributed by atoms with van der Waals surface area (Å²) in [5.74, 6) is 1.30. The van der Waals surface area contributed by atoms with Crippen LogP contribution in [0, 0.1) is 12.8 Å². The second-order valence-electron chi connectivity index (χ2n) is 7.74. The van der Waals surface area contributed by atoms with E-state index < -0.39 is 0 Å². The molecule has 4 rings (SSSR count). The van der Waals surface area contributed by atoms with E-state index >= 15 is 0 Å². The van der Waals surface area contributed by atoms with Gasteiger partial charge in [0.15, 0.2) is 0 Å². The molecule has 1 saturated heterocycles. The van der Waals surface area contributed by atoms with E-state index in [-0.39, 0.29) is 11.9 Å². The van der Waals surface area contributed by atoms with E-state index in [0.29, 0.717) is 17.6 Å². The molecule has 3 heterocycles. The van der Waals surface area contributed by atoms with Gasteiger partial charge in [0.2, 0.25) is 5.95 Å². The maximum atomic E-state index is 13.3.